The maximum Gasteiger partial charge on any atom is 0.306 e. The van der Waals surface area contributed by atoms with Crippen molar-refractivity contribution in [2.24, 2.45) is 13.0 Å². The van der Waals surface area contributed by atoms with E-state index in [1.165, 1.54) is 0 Å². The number of rotatable bonds is 6. The quantitative estimate of drug-likeness (QED) is 0.342. The van der Waals surface area contributed by atoms with E-state index in [1.807, 2.05) is 41.4 Å². The van der Waals surface area contributed by atoms with Crippen LogP contribution in [-0.2, 0) is 29.7 Å². The number of amides is 2. The number of halogens is 1. The number of nitrogens with zero attached hydrogens (tertiary/aromatic N) is 5. The molecule has 11 nitrogen and oxygen atoms in total. The van der Waals surface area contributed by atoms with Crippen molar-refractivity contribution in [3.63, 3.8) is 0 Å². The molecule has 0 spiro atoms. The van der Waals surface area contributed by atoms with Crippen LogP contribution in [0.25, 0.3) is 21.9 Å². The van der Waals surface area contributed by atoms with Crippen molar-refractivity contribution in [1.29, 1.82) is 0 Å². The van der Waals surface area contributed by atoms with Gasteiger partial charge in [-0.05, 0) is 50.7 Å². The first-order chi connectivity index (χ1) is 19.3. The van der Waals surface area contributed by atoms with Crippen molar-refractivity contribution in [2.45, 2.75) is 58.2 Å². The Kier molecular flexibility index (Phi) is 6.99. The minimum Gasteiger partial charge on any atom is -0.466 e. The first-order valence-corrected chi connectivity index (χ1v) is 14.1. The van der Waals surface area contributed by atoms with Crippen LogP contribution in [0.3, 0.4) is 0 Å². The highest BCUT2D eigenvalue weighted by Crippen LogP contribution is 2.30. The molecule has 0 radical (unpaired) electrons. The van der Waals surface area contributed by atoms with Crippen molar-refractivity contribution in [3.8, 4) is 0 Å². The molecule has 1 aliphatic carbocycles. The lowest BCUT2D eigenvalue weighted by Crippen LogP contribution is -2.39. The third kappa shape index (κ3) is 4.72. The van der Waals surface area contributed by atoms with Gasteiger partial charge in [0.2, 0.25) is 0 Å². The largest absolute Gasteiger partial charge is 0.466 e. The molecule has 0 saturated heterocycles. The van der Waals surface area contributed by atoms with Gasteiger partial charge in [0, 0.05) is 55.8 Å². The minimum atomic E-state index is -0.310. The number of hydrogen-bond donors (Lipinski definition) is 2. The average Bonchev–Trinajstić information content (AvgIpc) is 3.64. The Hall–Kier alpha value is -3.86. The highest BCUT2D eigenvalue weighted by atomic mass is 35.5. The van der Waals surface area contributed by atoms with Gasteiger partial charge < -0.3 is 29.1 Å². The van der Waals surface area contributed by atoms with Crippen LogP contribution in [0.1, 0.15) is 65.8 Å². The summed E-state index contributed by atoms with van der Waals surface area (Å²) in [6.07, 6.45) is 7.32. The molecule has 210 valence electrons. The van der Waals surface area contributed by atoms with Crippen LogP contribution in [0.15, 0.2) is 24.5 Å². The molecular weight excluding hydrogens is 534 g/mol. The zero-order valence-electron chi connectivity index (χ0n) is 22.6. The van der Waals surface area contributed by atoms with Crippen molar-refractivity contribution in [1.82, 2.24) is 34.3 Å². The van der Waals surface area contributed by atoms with Gasteiger partial charge in [0.25, 0.3) is 11.8 Å². The number of aromatic nitrogens is 5. The minimum absolute atomic E-state index is 0.00581. The molecule has 1 fully saturated rings. The van der Waals surface area contributed by atoms with Gasteiger partial charge in [0.05, 0.1) is 18.7 Å². The molecule has 5 heterocycles. The number of nitrogens with one attached hydrogen (secondary N) is 2. The lowest BCUT2D eigenvalue weighted by Gasteiger charge is -2.28. The maximum absolute atomic E-state index is 13.6. The van der Waals surface area contributed by atoms with Gasteiger partial charge >= 0.3 is 5.97 Å². The van der Waals surface area contributed by atoms with Gasteiger partial charge in [-0.3, -0.25) is 14.4 Å². The molecular formula is C28H32ClN7O4. The van der Waals surface area contributed by atoms with Crippen LogP contribution < -0.4 is 5.32 Å². The summed E-state index contributed by atoms with van der Waals surface area (Å²) in [6.45, 7) is 3.36. The Morgan fingerprint density at radius 3 is 2.77 bits per heavy atom. The number of pyridine rings is 1. The molecule has 4 aromatic heterocycles. The smallest absolute Gasteiger partial charge is 0.306 e. The van der Waals surface area contributed by atoms with Crippen molar-refractivity contribution < 1.29 is 19.1 Å². The van der Waals surface area contributed by atoms with Crippen molar-refractivity contribution in [3.05, 3.63) is 46.9 Å². The number of carbonyl (C=O) groups excluding carboxylic acids is 3. The van der Waals surface area contributed by atoms with Crippen molar-refractivity contribution >= 4 is 51.3 Å². The van der Waals surface area contributed by atoms with Gasteiger partial charge in [-0.2, -0.15) is 0 Å². The summed E-state index contributed by atoms with van der Waals surface area (Å²) in [5.41, 5.74) is 2.47. The van der Waals surface area contributed by atoms with E-state index in [0.29, 0.717) is 42.8 Å². The lowest BCUT2D eigenvalue weighted by atomic mass is 9.84. The maximum atomic E-state index is 13.6. The van der Waals surface area contributed by atoms with E-state index in [0.717, 1.165) is 47.6 Å². The Labute approximate surface area is 235 Å². The number of H-pyrrole nitrogens is 1. The van der Waals surface area contributed by atoms with Crippen LogP contribution in [0, 0.1) is 5.92 Å². The van der Waals surface area contributed by atoms with Crippen LogP contribution in [0.2, 0.25) is 5.15 Å². The summed E-state index contributed by atoms with van der Waals surface area (Å²) in [4.78, 5) is 52.3. The highest BCUT2D eigenvalue weighted by molar-refractivity contribution is 6.32. The monoisotopic (exact) mass is 565 g/mol. The Balaban J connectivity index is 1.12. The molecule has 40 heavy (non-hydrogen) atoms. The molecule has 0 atom stereocenters. The van der Waals surface area contributed by atoms with Gasteiger partial charge in [-0.25, -0.2) is 9.97 Å². The van der Waals surface area contributed by atoms with Gasteiger partial charge in [-0.15, -0.1) is 0 Å². The van der Waals surface area contributed by atoms with E-state index in [1.54, 1.807) is 11.1 Å². The number of ether oxygens (including phenoxy) is 1. The normalized spacial score (nSPS) is 19.1. The van der Waals surface area contributed by atoms with Crippen LogP contribution in [0.5, 0.6) is 0 Å². The van der Waals surface area contributed by atoms with Crippen LogP contribution >= 0.6 is 11.6 Å². The fourth-order valence-electron chi connectivity index (χ4n) is 6.05. The number of aryl methyl sites for hydroxylation is 1. The third-order valence-corrected chi connectivity index (χ3v) is 8.53. The van der Waals surface area contributed by atoms with E-state index >= 15 is 0 Å². The zero-order chi connectivity index (χ0) is 28.0. The molecule has 4 aromatic rings. The van der Waals surface area contributed by atoms with Crippen LogP contribution in [-0.4, -0.2) is 66.0 Å². The molecule has 0 aromatic carbocycles. The molecule has 1 aliphatic heterocycles. The fraction of sp³-hybridized carbons (Fsp3) is 0.464. The summed E-state index contributed by atoms with van der Waals surface area (Å²) in [6, 6.07) is 3.83. The van der Waals surface area contributed by atoms with E-state index in [2.05, 4.69) is 20.3 Å². The number of imidazole rings is 1. The zero-order valence-corrected chi connectivity index (χ0v) is 23.3. The molecule has 2 N–H and O–H groups in total. The van der Waals surface area contributed by atoms with Crippen LogP contribution in [0.4, 0.5) is 0 Å². The van der Waals surface area contributed by atoms with Crippen molar-refractivity contribution in [2.75, 3.05) is 13.2 Å². The van der Waals surface area contributed by atoms with E-state index in [-0.39, 0.29) is 42.0 Å². The number of aromatic amines is 1. The molecule has 1 saturated carbocycles. The molecule has 0 bridgehead atoms. The standard InChI is InChI=1S/C28H32ClN7O4/c1-3-40-22(37)12-16-4-6-18(7-5-16)32-27(38)23-25(29)36-11-10-35(15-21(36)33-23)28(39)20-13-17-14-31-26-19(8-9-30-26)24(17)34(20)2/h8-9,13-14,16,18H,3-7,10-12,15H2,1-2H3,(H,30,31)(H,32,38). The second kappa shape index (κ2) is 10.6. The predicted octanol–water partition coefficient (Wildman–Crippen LogP) is 3.80. The number of carbonyl (C=O) groups is 3. The molecule has 2 aliphatic rings. The van der Waals surface area contributed by atoms with E-state index in [4.69, 9.17) is 16.3 Å². The second-order valence-electron chi connectivity index (χ2n) is 10.6. The molecule has 2 amide bonds. The van der Waals surface area contributed by atoms with E-state index in [9.17, 15) is 14.4 Å². The van der Waals surface area contributed by atoms with Gasteiger partial charge in [0.15, 0.2) is 5.69 Å². The first kappa shape index (κ1) is 26.4. The molecule has 12 heteroatoms. The number of fused-ring (bicyclic) bond motifs is 4. The molecule has 6 rings (SSSR count). The Morgan fingerprint density at radius 1 is 1.20 bits per heavy atom. The average molecular weight is 566 g/mol. The SMILES string of the molecule is CCOC(=O)CC1CCC(NC(=O)c2nc3n(c2Cl)CCN(C(=O)c2cc4cnc5[nH]ccc5c4n2C)C3)CC1. The van der Waals surface area contributed by atoms with Gasteiger partial charge in [0.1, 0.15) is 22.3 Å². The lowest BCUT2D eigenvalue weighted by molar-refractivity contribution is -0.144. The summed E-state index contributed by atoms with van der Waals surface area (Å²) in [5.74, 6) is 0.287. The summed E-state index contributed by atoms with van der Waals surface area (Å²) in [5, 5.41) is 5.22. The Morgan fingerprint density at radius 2 is 2.00 bits per heavy atom. The summed E-state index contributed by atoms with van der Waals surface area (Å²) < 4.78 is 8.78. The molecule has 0 unspecified atom stereocenters. The van der Waals surface area contributed by atoms with E-state index < -0.39 is 0 Å². The topological polar surface area (TPSA) is 127 Å². The number of hydrogen-bond acceptors (Lipinski definition) is 6. The summed E-state index contributed by atoms with van der Waals surface area (Å²) >= 11 is 6.60. The summed E-state index contributed by atoms with van der Waals surface area (Å²) in [7, 11) is 1.89. The van der Waals surface area contributed by atoms with Gasteiger partial charge in [-0.1, -0.05) is 11.6 Å². The second-order valence-corrected chi connectivity index (χ2v) is 11.0. The Bertz CT molecular complexity index is 1610. The predicted molar refractivity (Wildman–Crippen MR) is 149 cm³/mol. The first-order valence-electron chi connectivity index (χ1n) is 13.8. The highest BCUT2D eigenvalue weighted by Gasteiger charge is 2.31. The number of esters is 1. The fourth-order valence-corrected chi connectivity index (χ4v) is 6.36. The third-order valence-electron chi connectivity index (χ3n) is 8.15.